The van der Waals surface area contributed by atoms with Crippen LogP contribution in [0.2, 0.25) is 0 Å². The van der Waals surface area contributed by atoms with E-state index >= 15 is 0 Å². The van der Waals surface area contributed by atoms with Crippen LogP contribution >= 0.6 is 11.3 Å². The summed E-state index contributed by atoms with van der Waals surface area (Å²) >= 11 is 1.75. The van der Waals surface area contributed by atoms with Gasteiger partial charge in [-0.25, -0.2) is 0 Å². The molecule has 0 radical (unpaired) electrons. The lowest BCUT2D eigenvalue weighted by Crippen LogP contribution is -2.31. The van der Waals surface area contributed by atoms with Gasteiger partial charge in [0.15, 0.2) is 0 Å². The van der Waals surface area contributed by atoms with Crippen LogP contribution < -0.4 is 10.9 Å². The molecule has 98 valence electrons. The van der Waals surface area contributed by atoms with Crippen LogP contribution in [0.1, 0.15) is 39.8 Å². The van der Waals surface area contributed by atoms with Crippen LogP contribution in [0.25, 0.3) is 0 Å². The van der Waals surface area contributed by atoms with Crippen LogP contribution in [0.3, 0.4) is 0 Å². The molecule has 3 rings (SSSR count). The minimum absolute atomic E-state index is 0.0613. The summed E-state index contributed by atoms with van der Waals surface area (Å²) in [7, 11) is 0. The van der Waals surface area contributed by atoms with Gasteiger partial charge >= 0.3 is 0 Å². The lowest BCUT2D eigenvalue weighted by atomic mass is 9.94. The molecule has 0 bridgehead atoms. The highest BCUT2D eigenvalue weighted by Gasteiger charge is 2.23. The van der Waals surface area contributed by atoms with Crippen molar-refractivity contribution in [3.8, 4) is 0 Å². The maximum atomic E-state index is 12.1. The van der Waals surface area contributed by atoms with E-state index < -0.39 is 0 Å². The Hall–Kier alpha value is -1.88. The monoisotopic (exact) mass is 274 g/mol. The van der Waals surface area contributed by atoms with Gasteiger partial charge in [-0.3, -0.25) is 9.59 Å². The third-order valence-corrected chi connectivity index (χ3v) is 4.37. The number of aromatic amines is 1. The van der Waals surface area contributed by atoms with Gasteiger partial charge < -0.3 is 10.3 Å². The van der Waals surface area contributed by atoms with Crippen LogP contribution in [-0.2, 0) is 6.42 Å². The smallest absolute Gasteiger partial charge is 0.268 e. The fraction of sp³-hybridized carbons (Fsp3) is 0.286. The van der Waals surface area contributed by atoms with Crippen molar-refractivity contribution in [2.75, 3.05) is 0 Å². The molecule has 1 amide bonds. The number of pyridine rings is 1. The molecule has 2 N–H and O–H groups in total. The maximum absolute atomic E-state index is 12.1. The van der Waals surface area contributed by atoms with E-state index in [1.54, 1.807) is 23.5 Å². The highest BCUT2D eigenvalue weighted by atomic mass is 32.1. The molecule has 2 aromatic rings. The second kappa shape index (κ2) is 5.01. The lowest BCUT2D eigenvalue weighted by Gasteiger charge is -2.23. The Morgan fingerprint density at radius 1 is 1.37 bits per heavy atom. The Bertz CT molecular complexity index is 659. The van der Waals surface area contributed by atoms with Crippen molar-refractivity contribution in [1.29, 1.82) is 0 Å². The third kappa shape index (κ3) is 2.46. The molecule has 1 atom stereocenters. The van der Waals surface area contributed by atoms with Crippen molar-refractivity contribution in [2.24, 2.45) is 0 Å². The molecule has 1 aliphatic rings. The molecule has 2 aromatic heterocycles. The number of carbonyl (C=O) groups excluding carboxylic acids is 1. The molecule has 0 aliphatic heterocycles. The fourth-order valence-corrected chi connectivity index (χ4v) is 3.44. The van der Waals surface area contributed by atoms with Gasteiger partial charge in [0, 0.05) is 10.9 Å². The lowest BCUT2D eigenvalue weighted by molar-refractivity contribution is 0.0927. The van der Waals surface area contributed by atoms with Crippen LogP contribution in [0.15, 0.2) is 34.4 Å². The Morgan fingerprint density at radius 2 is 2.26 bits per heavy atom. The van der Waals surface area contributed by atoms with E-state index in [9.17, 15) is 9.59 Å². The fourth-order valence-electron chi connectivity index (χ4n) is 2.45. The zero-order valence-corrected chi connectivity index (χ0v) is 11.1. The molecular weight excluding hydrogens is 260 g/mol. The second-order valence-electron chi connectivity index (χ2n) is 4.65. The van der Waals surface area contributed by atoms with E-state index in [1.165, 1.54) is 16.5 Å². The summed E-state index contributed by atoms with van der Waals surface area (Å²) in [6, 6.07) is 6.75. The van der Waals surface area contributed by atoms with E-state index in [4.69, 9.17) is 0 Å². The molecule has 0 saturated carbocycles. The van der Waals surface area contributed by atoms with E-state index in [2.05, 4.69) is 21.7 Å². The third-order valence-electron chi connectivity index (χ3n) is 3.37. The number of fused-ring (bicyclic) bond motifs is 1. The first-order valence-corrected chi connectivity index (χ1v) is 7.18. The highest BCUT2D eigenvalue weighted by Crippen LogP contribution is 2.33. The summed E-state index contributed by atoms with van der Waals surface area (Å²) < 4.78 is 0. The molecule has 0 fully saturated rings. The largest absolute Gasteiger partial charge is 0.344 e. The average molecular weight is 274 g/mol. The predicted molar refractivity (Wildman–Crippen MR) is 74.5 cm³/mol. The Labute approximate surface area is 114 Å². The molecule has 1 unspecified atom stereocenters. The number of rotatable bonds is 2. The summed E-state index contributed by atoms with van der Waals surface area (Å²) in [6.45, 7) is 0. The van der Waals surface area contributed by atoms with E-state index in [1.807, 2.05) is 0 Å². The molecule has 0 spiro atoms. The molecule has 0 aromatic carbocycles. The van der Waals surface area contributed by atoms with Crippen molar-refractivity contribution in [3.63, 3.8) is 0 Å². The molecule has 19 heavy (non-hydrogen) atoms. The van der Waals surface area contributed by atoms with Crippen molar-refractivity contribution in [3.05, 3.63) is 56.1 Å². The van der Waals surface area contributed by atoms with Crippen molar-refractivity contribution in [2.45, 2.75) is 25.3 Å². The van der Waals surface area contributed by atoms with Crippen LogP contribution in [0.5, 0.6) is 0 Å². The average Bonchev–Trinajstić information content (AvgIpc) is 2.88. The normalized spacial score (nSPS) is 17.8. The van der Waals surface area contributed by atoms with E-state index in [-0.39, 0.29) is 17.5 Å². The standard InChI is InChI=1S/C14H14N2O2S/c17-13-6-2-4-11(15-13)14(18)16-10-3-1-5-12-9(10)7-8-19-12/h2,4,6-8,10H,1,3,5H2,(H,15,17)(H,16,18). The van der Waals surface area contributed by atoms with Gasteiger partial charge in [0.25, 0.3) is 5.91 Å². The van der Waals surface area contributed by atoms with Crippen LogP contribution in [-0.4, -0.2) is 10.9 Å². The molecule has 5 heteroatoms. The van der Waals surface area contributed by atoms with Gasteiger partial charge in [-0.2, -0.15) is 0 Å². The topological polar surface area (TPSA) is 62.0 Å². The number of thiophene rings is 1. The summed E-state index contributed by atoms with van der Waals surface area (Å²) in [5.74, 6) is -0.221. The zero-order valence-electron chi connectivity index (χ0n) is 10.3. The number of carbonyl (C=O) groups is 1. The summed E-state index contributed by atoms with van der Waals surface area (Å²) in [4.78, 5) is 27.2. The molecule has 4 nitrogen and oxygen atoms in total. The number of H-pyrrole nitrogens is 1. The number of nitrogens with one attached hydrogen (secondary N) is 2. The van der Waals surface area contributed by atoms with Gasteiger partial charge in [0.1, 0.15) is 5.69 Å². The van der Waals surface area contributed by atoms with Gasteiger partial charge in [0.2, 0.25) is 5.56 Å². The number of aromatic nitrogens is 1. The van der Waals surface area contributed by atoms with Crippen molar-refractivity contribution >= 4 is 17.2 Å². The number of hydrogen-bond donors (Lipinski definition) is 2. The molecule has 0 saturated heterocycles. The number of amides is 1. The molecular formula is C14H14N2O2S. The number of hydrogen-bond acceptors (Lipinski definition) is 3. The maximum Gasteiger partial charge on any atom is 0.268 e. The minimum Gasteiger partial charge on any atom is -0.344 e. The summed E-state index contributed by atoms with van der Waals surface area (Å²) in [6.07, 6.45) is 3.14. The highest BCUT2D eigenvalue weighted by molar-refractivity contribution is 7.10. The zero-order chi connectivity index (χ0) is 13.2. The van der Waals surface area contributed by atoms with Crippen LogP contribution in [0.4, 0.5) is 0 Å². The first-order chi connectivity index (χ1) is 9.24. The van der Waals surface area contributed by atoms with Gasteiger partial charge in [-0.1, -0.05) is 6.07 Å². The van der Waals surface area contributed by atoms with E-state index in [0.717, 1.165) is 19.3 Å². The Morgan fingerprint density at radius 3 is 3.11 bits per heavy atom. The first kappa shape index (κ1) is 12.2. The van der Waals surface area contributed by atoms with Gasteiger partial charge in [0.05, 0.1) is 6.04 Å². The SMILES string of the molecule is O=C(NC1CCCc2sccc21)c1cccc(=O)[nH]1. The quantitative estimate of drug-likeness (QED) is 0.882. The van der Waals surface area contributed by atoms with Crippen molar-refractivity contribution < 1.29 is 4.79 Å². The minimum atomic E-state index is -0.257. The Kier molecular flexibility index (Phi) is 3.21. The molecule has 1 aliphatic carbocycles. The van der Waals surface area contributed by atoms with E-state index in [0.29, 0.717) is 5.69 Å². The van der Waals surface area contributed by atoms with Gasteiger partial charge in [-0.15, -0.1) is 11.3 Å². The number of aryl methyl sites for hydroxylation is 1. The molecule has 2 heterocycles. The summed E-state index contributed by atoms with van der Waals surface area (Å²) in [5, 5.41) is 5.07. The second-order valence-corrected chi connectivity index (χ2v) is 5.65. The first-order valence-electron chi connectivity index (χ1n) is 6.30. The van der Waals surface area contributed by atoms with Gasteiger partial charge in [-0.05, 0) is 42.3 Å². The van der Waals surface area contributed by atoms with Crippen molar-refractivity contribution in [1.82, 2.24) is 10.3 Å². The predicted octanol–water partition coefficient (Wildman–Crippen LogP) is 2.24. The summed E-state index contributed by atoms with van der Waals surface area (Å²) in [5.41, 5.74) is 1.28. The van der Waals surface area contributed by atoms with Crippen LogP contribution in [0, 0.1) is 0 Å². The Balaban J connectivity index is 1.80.